The summed E-state index contributed by atoms with van der Waals surface area (Å²) in [6.45, 7) is 1.97. The Labute approximate surface area is 123 Å². The van der Waals surface area contributed by atoms with Crippen LogP contribution < -0.4 is 5.32 Å². The van der Waals surface area contributed by atoms with Crippen molar-refractivity contribution in [2.24, 2.45) is 0 Å². The molecule has 106 valence electrons. The van der Waals surface area contributed by atoms with Crippen molar-refractivity contribution in [3.05, 3.63) is 59.5 Å². The minimum atomic E-state index is -0.192. The zero-order valence-corrected chi connectivity index (χ0v) is 11.7. The van der Waals surface area contributed by atoms with Gasteiger partial charge in [0.05, 0.1) is 0 Å². The van der Waals surface area contributed by atoms with Crippen LogP contribution in [0.4, 0.5) is 4.39 Å². The summed E-state index contributed by atoms with van der Waals surface area (Å²) in [6.07, 6.45) is 2.25. The van der Waals surface area contributed by atoms with Gasteiger partial charge in [0.2, 0.25) is 0 Å². The third-order valence-electron chi connectivity index (χ3n) is 4.23. The van der Waals surface area contributed by atoms with Crippen molar-refractivity contribution in [1.82, 2.24) is 10.3 Å². The van der Waals surface area contributed by atoms with Crippen LogP contribution in [0.1, 0.15) is 17.7 Å². The molecule has 2 aromatic carbocycles. The fourth-order valence-corrected chi connectivity index (χ4v) is 3.17. The first-order valence-corrected chi connectivity index (χ1v) is 7.41. The largest absolute Gasteiger partial charge is 0.358 e. The molecule has 0 bridgehead atoms. The van der Waals surface area contributed by atoms with Crippen molar-refractivity contribution in [2.45, 2.75) is 19.4 Å². The molecule has 1 aromatic heterocycles. The molecule has 0 spiro atoms. The summed E-state index contributed by atoms with van der Waals surface area (Å²) in [5.74, 6) is -0.192. The maximum Gasteiger partial charge on any atom is 0.123 e. The third-order valence-corrected chi connectivity index (χ3v) is 4.23. The third kappa shape index (κ3) is 2.24. The smallest absolute Gasteiger partial charge is 0.123 e. The van der Waals surface area contributed by atoms with Crippen LogP contribution in [-0.2, 0) is 13.0 Å². The van der Waals surface area contributed by atoms with E-state index in [1.165, 1.54) is 28.2 Å². The van der Waals surface area contributed by atoms with E-state index in [-0.39, 0.29) is 5.82 Å². The van der Waals surface area contributed by atoms with E-state index in [1.54, 1.807) is 12.1 Å². The number of benzene rings is 2. The molecule has 2 N–H and O–H groups in total. The second-order valence-corrected chi connectivity index (χ2v) is 5.63. The molecule has 21 heavy (non-hydrogen) atoms. The standard InChI is InChI=1S/C18H17FN2/c19-14-4-1-3-12(9-14)13-6-7-18-15(10-13)16-11-20-8-2-5-17(16)21-18/h1,3-4,6-7,9-10,20-21H,2,5,8,11H2. The molecular weight excluding hydrogens is 263 g/mol. The van der Waals surface area contributed by atoms with Crippen LogP contribution in [0.5, 0.6) is 0 Å². The second kappa shape index (κ2) is 5.01. The number of hydrogen-bond donors (Lipinski definition) is 2. The van der Waals surface area contributed by atoms with Crippen LogP contribution in [0, 0.1) is 5.82 Å². The van der Waals surface area contributed by atoms with E-state index < -0.39 is 0 Å². The first kappa shape index (κ1) is 12.6. The average molecular weight is 280 g/mol. The second-order valence-electron chi connectivity index (χ2n) is 5.63. The minimum Gasteiger partial charge on any atom is -0.358 e. The van der Waals surface area contributed by atoms with Gasteiger partial charge in [-0.3, -0.25) is 0 Å². The highest BCUT2D eigenvalue weighted by Crippen LogP contribution is 2.30. The molecule has 0 fully saturated rings. The summed E-state index contributed by atoms with van der Waals surface area (Å²) < 4.78 is 13.4. The molecule has 1 aliphatic rings. The molecule has 2 nitrogen and oxygen atoms in total. The molecule has 0 saturated carbocycles. The van der Waals surface area contributed by atoms with Crippen LogP contribution in [-0.4, -0.2) is 11.5 Å². The number of rotatable bonds is 1. The van der Waals surface area contributed by atoms with Crippen molar-refractivity contribution in [2.75, 3.05) is 6.54 Å². The number of aromatic amines is 1. The molecule has 3 heteroatoms. The Balaban J connectivity index is 1.87. The molecule has 0 unspecified atom stereocenters. The van der Waals surface area contributed by atoms with E-state index in [2.05, 4.69) is 28.5 Å². The van der Waals surface area contributed by atoms with E-state index in [0.29, 0.717) is 0 Å². The number of aromatic nitrogens is 1. The van der Waals surface area contributed by atoms with E-state index in [9.17, 15) is 4.39 Å². The SMILES string of the molecule is Fc1cccc(-c2ccc3[nH]c4c(c3c2)CNCCC4)c1. The summed E-state index contributed by atoms with van der Waals surface area (Å²) in [6, 6.07) is 13.1. The van der Waals surface area contributed by atoms with Gasteiger partial charge in [-0.25, -0.2) is 4.39 Å². The number of halogens is 1. The lowest BCUT2D eigenvalue weighted by molar-refractivity contribution is 0.628. The van der Waals surface area contributed by atoms with Crippen molar-refractivity contribution in [1.29, 1.82) is 0 Å². The molecular formula is C18H17FN2. The van der Waals surface area contributed by atoms with Gasteiger partial charge in [-0.05, 0) is 60.3 Å². The van der Waals surface area contributed by atoms with Crippen LogP contribution in [0.25, 0.3) is 22.0 Å². The van der Waals surface area contributed by atoms with Crippen molar-refractivity contribution >= 4 is 10.9 Å². The fourth-order valence-electron chi connectivity index (χ4n) is 3.17. The summed E-state index contributed by atoms with van der Waals surface area (Å²) in [7, 11) is 0. The van der Waals surface area contributed by atoms with Crippen LogP contribution >= 0.6 is 0 Å². The summed E-state index contributed by atoms with van der Waals surface area (Å²) in [5.41, 5.74) is 5.86. The van der Waals surface area contributed by atoms with Gasteiger partial charge in [0.25, 0.3) is 0 Å². The minimum absolute atomic E-state index is 0.192. The van der Waals surface area contributed by atoms with E-state index in [1.807, 2.05) is 6.07 Å². The van der Waals surface area contributed by atoms with Crippen molar-refractivity contribution in [3.63, 3.8) is 0 Å². The summed E-state index contributed by atoms with van der Waals surface area (Å²) >= 11 is 0. The first-order chi connectivity index (χ1) is 10.3. The molecule has 4 rings (SSSR count). The number of H-pyrrole nitrogens is 1. The van der Waals surface area contributed by atoms with Crippen LogP contribution in [0.3, 0.4) is 0 Å². The highest BCUT2D eigenvalue weighted by molar-refractivity contribution is 5.89. The van der Waals surface area contributed by atoms with Gasteiger partial charge in [-0.1, -0.05) is 18.2 Å². The Hall–Kier alpha value is -2.13. The topological polar surface area (TPSA) is 27.8 Å². The van der Waals surface area contributed by atoms with Crippen molar-refractivity contribution < 1.29 is 4.39 Å². The Morgan fingerprint density at radius 3 is 2.81 bits per heavy atom. The number of aryl methyl sites for hydroxylation is 1. The predicted molar refractivity (Wildman–Crippen MR) is 83.7 cm³/mol. The lowest BCUT2D eigenvalue weighted by Gasteiger charge is -2.04. The monoisotopic (exact) mass is 280 g/mol. The number of nitrogens with one attached hydrogen (secondary N) is 2. The molecule has 0 amide bonds. The van der Waals surface area contributed by atoms with Crippen molar-refractivity contribution in [3.8, 4) is 11.1 Å². The maximum atomic E-state index is 13.4. The maximum absolute atomic E-state index is 13.4. The van der Waals surface area contributed by atoms with Gasteiger partial charge in [0, 0.05) is 23.1 Å². The fraction of sp³-hybridized carbons (Fsp3) is 0.222. The van der Waals surface area contributed by atoms with Gasteiger partial charge in [0.1, 0.15) is 5.82 Å². The number of hydrogen-bond acceptors (Lipinski definition) is 1. The van der Waals surface area contributed by atoms with Gasteiger partial charge in [0.15, 0.2) is 0 Å². The molecule has 3 aromatic rings. The van der Waals surface area contributed by atoms with E-state index in [4.69, 9.17) is 0 Å². The average Bonchev–Trinajstić information content (AvgIpc) is 2.67. The normalized spacial score (nSPS) is 14.9. The summed E-state index contributed by atoms with van der Waals surface area (Å²) in [4.78, 5) is 3.53. The summed E-state index contributed by atoms with van der Waals surface area (Å²) in [5, 5.41) is 4.72. The zero-order valence-electron chi connectivity index (χ0n) is 11.7. The quantitative estimate of drug-likeness (QED) is 0.692. The molecule has 0 atom stereocenters. The van der Waals surface area contributed by atoms with Gasteiger partial charge >= 0.3 is 0 Å². The molecule has 2 heterocycles. The lowest BCUT2D eigenvalue weighted by atomic mass is 10.0. The van der Waals surface area contributed by atoms with E-state index in [0.717, 1.165) is 37.1 Å². The Morgan fingerprint density at radius 2 is 1.90 bits per heavy atom. The van der Waals surface area contributed by atoms with Gasteiger partial charge in [-0.2, -0.15) is 0 Å². The highest BCUT2D eigenvalue weighted by atomic mass is 19.1. The Bertz CT molecular complexity index is 804. The first-order valence-electron chi connectivity index (χ1n) is 7.41. The van der Waals surface area contributed by atoms with Gasteiger partial charge < -0.3 is 10.3 Å². The Kier molecular flexibility index (Phi) is 3.00. The Morgan fingerprint density at radius 1 is 1.00 bits per heavy atom. The lowest BCUT2D eigenvalue weighted by Crippen LogP contribution is -2.11. The zero-order chi connectivity index (χ0) is 14.2. The number of fused-ring (bicyclic) bond motifs is 3. The highest BCUT2D eigenvalue weighted by Gasteiger charge is 2.14. The molecule has 0 radical (unpaired) electrons. The van der Waals surface area contributed by atoms with Crippen LogP contribution in [0.2, 0.25) is 0 Å². The molecule has 0 saturated heterocycles. The molecule has 0 aliphatic carbocycles. The van der Waals surface area contributed by atoms with Gasteiger partial charge in [-0.15, -0.1) is 0 Å². The van der Waals surface area contributed by atoms with E-state index >= 15 is 0 Å². The van der Waals surface area contributed by atoms with Crippen LogP contribution in [0.15, 0.2) is 42.5 Å². The molecule has 1 aliphatic heterocycles. The predicted octanol–water partition coefficient (Wildman–Crippen LogP) is 4.01.